The van der Waals surface area contributed by atoms with E-state index in [0.29, 0.717) is 15.2 Å². The lowest BCUT2D eigenvalue weighted by Gasteiger charge is -2.06. The summed E-state index contributed by atoms with van der Waals surface area (Å²) >= 11 is 9.99. The van der Waals surface area contributed by atoms with Crippen molar-refractivity contribution in [3.05, 3.63) is 38.8 Å². The fraction of sp³-hybridized carbons (Fsp3) is 0.0909. The van der Waals surface area contributed by atoms with Crippen molar-refractivity contribution >= 4 is 60.0 Å². The van der Waals surface area contributed by atoms with Crippen molar-refractivity contribution in [2.45, 2.75) is 11.3 Å². The van der Waals surface area contributed by atoms with Crippen LogP contribution in [-0.2, 0) is 21.2 Å². The molecule has 0 spiro atoms. The normalized spacial score (nSPS) is 11.3. The van der Waals surface area contributed by atoms with Crippen molar-refractivity contribution in [2.75, 3.05) is 4.72 Å². The molecule has 0 radical (unpaired) electrons. The third-order valence-electron chi connectivity index (χ3n) is 2.31. The molecule has 0 atom stereocenters. The standard InChI is InChI=1S/C11H8BrClN2O4S2/c12-8-4-7(1-2-9(8)13)21(18,19)15-11-14-6(5-20-11)3-10(16)17/h1-2,4-5H,3H2,(H,14,15)(H,16,17). The van der Waals surface area contributed by atoms with Gasteiger partial charge >= 0.3 is 5.97 Å². The fourth-order valence-electron chi connectivity index (χ4n) is 1.41. The van der Waals surface area contributed by atoms with Gasteiger partial charge in [-0.05, 0) is 34.1 Å². The Morgan fingerprint density at radius 2 is 2.19 bits per heavy atom. The van der Waals surface area contributed by atoms with Crippen molar-refractivity contribution in [2.24, 2.45) is 0 Å². The monoisotopic (exact) mass is 410 g/mol. The number of rotatable bonds is 5. The third-order valence-corrected chi connectivity index (χ3v) is 5.79. The largest absolute Gasteiger partial charge is 0.481 e. The van der Waals surface area contributed by atoms with E-state index < -0.39 is 16.0 Å². The summed E-state index contributed by atoms with van der Waals surface area (Å²) in [6.07, 6.45) is -0.259. The molecular formula is C11H8BrClN2O4S2. The van der Waals surface area contributed by atoms with Crippen LogP contribution in [0.4, 0.5) is 5.13 Å². The van der Waals surface area contributed by atoms with E-state index in [1.165, 1.54) is 23.6 Å². The molecule has 0 bridgehead atoms. The summed E-state index contributed by atoms with van der Waals surface area (Å²) in [5.74, 6) is -1.03. The number of sulfonamides is 1. The maximum Gasteiger partial charge on any atom is 0.309 e. The first-order valence-corrected chi connectivity index (χ1v) is 8.95. The van der Waals surface area contributed by atoms with Crippen LogP contribution in [0.2, 0.25) is 5.02 Å². The first-order chi connectivity index (χ1) is 9.78. The molecule has 2 N–H and O–H groups in total. The highest BCUT2D eigenvalue weighted by atomic mass is 79.9. The van der Waals surface area contributed by atoms with Gasteiger partial charge in [0.1, 0.15) is 0 Å². The average Bonchev–Trinajstić information content (AvgIpc) is 2.78. The lowest BCUT2D eigenvalue weighted by molar-refractivity contribution is -0.136. The van der Waals surface area contributed by atoms with E-state index in [4.69, 9.17) is 16.7 Å². The minimum absolute atomic E-state index is 0.0220. The van der Waals surface area contributed by atoms with Gasteiger partial charge < -0.3 is 5.11 Å². The Kier molecular flexibility index (Phi) is 4.87. The second kappa shape index (κ2) is 6.30. The summed E-state index contributed by atoms with van der Waals surface area (Å²) in [6, 6.07) is 4.19. The molecule has 0 fully saturated rings. The molecule has 10 heteroatoms. The highest BCUT2D eigenvalue weighted by molar-refractivity contribution is 9.10. The molecule has 2 aromatic rings. The molecule has 0 aliphatic heterocycles. The van der Waals surface area contributed by atoms with Crippen molar-refractivity contribution in [1.82, 2.24) is 4.98 Å². The van der Waals surface area contributed by atoms with Gasteiger partial charge in [0.2, 0.25) is 0 Å². The summed E-state index contributed by atoms with van der Waals surface area (Å²) in [6.45, 7) is 0. The van der Waals surface area contributed by atoms with E-state index in [1.807, 2.05) is 0 Å². The van der Waals surface area contributed by atoms with Crippen LogP contribution >= 0.6 is 38.9 Å². The van der Waals surface area contributed by atoms with E-state index in [9.17, 15) is 13.2 Å². The van der Waals surface area contributed by atoms with Crippen LogP contribution in [0.1, 0.15) is 5.69 Å². The van der Waals surface area contributed by atoms with E-state index in [2.05, 4.69) is 25.6 Å². The van der Waals surface area contributed by atoms with E-state index in [1.54, 1.807) is 0 Å². The number of nitrogens with zero attached hydrogens (tertiary/aromatic N) is 1. The lowest BCUT2D eigenvalue weighted by atomic mass is 10.3. The van der Waals surface area contributed by atoms with Gasteiger partial charge in [0.25, 0.3) is 10.0 Å². The zero-order valence-electron chi connectivity index (χ0n) is 10.2. The van der Waals surface area contributed by atoms with E-state index in [0.717, 1.165) is 11.3 Å². The van der Waals surface area contributed by atoms with Gasteiger partial charge in [-0.15, -0.1) is 11.3 Å². The van der Waals surface area contributed by atoms with Gasteiger partial charge in [0, 0.05) is 9.85 Å². The highest BCUT2D eigenvalue weighted by Gasteiger charge is 2.17. The smallest absolute Gasteiger partial charge is 0.309 e. The molecule has 0 saturated heterocycles. The zero-order valence-corrected chi connectivity index (χ0v) is 14.2. The van der Waals surface area contributed by atoms with Crippen LogP contribution in [0.15, 0.2) is 32.9 Å². The average molecular weight is 412 g/mol. The third kappa shape index (κ3) is 4.16. The maximum atomic E-state index is 12.2. The first kappa shape index (κ1) is 16.2. The maximum absolute atomic E-state index is 12.2. The summed E-state index contributed by atoms with van der Waals surface area (Å²) < 4.78 is 27.1. The van der Waals surface area contributed by atoms with Crippen LogP contribution in [0.3, 0.4) is 0 Å². The van der Waals surface area contributed by atoms with Gasteiger partial charge in [0.05, 0.1) is 22.0 Å². The number of benzene rings is 1. The fourth-order valence-corrected chi connectivity index (χ4v) is 4.04. The predicted octanol–water partition coefficient (Wildman–Crippen LogP) is 2.99. The van der Waals surface area contributed by atoms with Crippen LogP contribution < -0.4 is 4.72 Å². The van der Waals surface area contributed by atoms with Crippen molar-refractivity contribution in [3.8, 4) is 0 Å². The summed E-state index contributed by atoms with van der Waals surface area (Å²) in [5, 5.41) is 10.6. The molecule has 2 rings (SSSR count). The minimum atomic E-state index is -3.81. The van der Waals surface area contributed by atoms with Crippen molar-refractivity contribution in [3.63, 3.8) is 0 Å². The molecule has 0 amide bonds. The summed E-state index contributed by atoms with van der Waals surface area (Å²) in [5.41, 5.74) is 0.294. The Labute approximate surface area is 138 Å². The Balaban J connectivity index is 2.22. The van der Waals surface area contributed by atoms with E-state index >= 15 is 0 Å². The SMILES string of the molecule is O=C(O)Cc1csc(NS(=O)(=O)c2ccc(Cl)c(Br)c2)n1. The second-order valence-corrected chi connectivity index (χ2v) is 7.70. The number of thiazole rings is 1. The number of halogens is 2. The van der Waals surface area contributed by atoms with Crippen LogP contribution in [0, 0.1) is 0 Å². The number of anilines is 1. The van der Waals surface area contributed by atoms with Gasteiger partial charge in [-0.2, -0.15) is 0 Å². The summed E-state index contributed by atoms with van der Waals surface area (Å²) in [4.78, 5) is 14.5. The number of hydrogen-bond donors (Lipinski definition) is 2. The second-order valence-electron chi connectivity index (χ2n) is 3.90. The van der Waals surface area contributed by atoms with Crippen LogP contribution in [0.5, 0.6) is 0 Å². The molecule has 6 nitrogen and oxygen atoms in total. The van der Waals surface area contributed by atoms with Gasteiger partial charge in [-0.3, -0.25) is 9.52 Å². The van der Waals surface area contributed by atoms with Gasteiger partial charge in [0.15, 0.2) is 5.13 Å². The molecule has 0 aliphatic rings. The molecular weight excluding hydrogens is 404 g/mol. The molecule has 0 saturated carbocycles. The molecule has 21 heavy (non-hydrogen) atoms. The van der Waals surface area contributed by atoms with Crippen LogP contribution in [0.25, 0.3) is 0 Å². The quantitative estimate of drug-likeness (QED) is 0.788. The number of aliphatic carboxylic acids is 1. The number of hydrogen-bond acceptors (Lipinski definition) is 5. The molecule has 112 valence electrons. The van der Waals surface area contributed by atoms with Crippen molar-refractivity contribution < 1.29 is 18.3 Å². The van der Waals surface area contributed by atoms with E-state index in [-0.39, 0.29) is 16.4 Å². The summed E-state index contributed by atoms with van der Waals surface area (Å²) in [7, 11) is -3.81. The number of carboxylic acids is 1. The predicted molar refractivity (Wildman–Crippen MR) is 83.4 cm³/mol. The Morgan fingerprint density at radius 1 is 1.48 bits per heavy atom. The Hall–Kier alpha value is -1.16. The highest BCUT2D eigenvalue weighted by Crippen LogP contribution is 2.27. The molecule has 1 heterocycles. The molecule has 1 aromatic carbocycles. The zero-order chi connectivity index (χ0) is 15.6. The molecule has 0 unspecified atom stereocenters. The first-order valence-electron chi connectivity index (χ1n) is 5.42. The number of carboxylic acid groups (broad SMARTS) is 1. The van der Waals surface area contributed by atoms with Crippen LogP contribution in [-0.4, -0.2) is 24.5 Å². The Bertz CT molecular complexity index is 791. The number of nitrogens with one attached hydrogen (secondary N) is 1. The number of carbonyl (C=O) groups is 1. The topological polar surface area (TPSA) is 96.4 Å². The number of aromatic nitrogens is 1. The van der Waals surface area contributed by atoms with Crippen molar-refractivity contribution in [1.29, 1.82) is 0 Å². The van der Waals surface area contributed by atoms with Gasteiger partial charge in [-0.25, -0.2) is 13.4 Å². The molecule has 1 aromatic heterocycles. The lowest BCUT2D eigenvalue weighted by Crippen LogP contribution is -2.13. The Morgan fingerprint density at radius 3 is 2.81 bits per heavy atom. The minimum Gasteiger partial charge on any atom is -0.481 e. The van der Waals surface area contributed by atoms with Gasteiger partial charge in [-0.1, -0.05) is 11.6 Å². The molecule has 0 aliphatic carbocycles.